The quantitative estimate of drug-likeness (QED) is 0.616. The Balaban J connectivity index is 1.33. The molecule has 1 unspecified atom stereocenters. The molecule has 152 valence electrons. The van der Waals surface area contributed by atoms with E-state index in [0.29, 0.717) is 6.54 Å². The fourth-order valence-electron chi connectivity index (χ4n) is 3.71. The minimum Gasteiger partial charge on any atom is -0.308 e. The van der Waals surface area contributed by atoms with Gasteiger partial charge in [0.25, 0.3) is 0 Å². The van der Waals surface area contributed by atoms with Gasteiger partial charge in [-0.05, 0) is 49.8 Å². The third-order valence-corrected chi connectivity index (χ3v) is 8.96. The minimum atomic E-state index is -3.11. The van der Waals surface area contributed by atoms with Crippen LogP contribution in [0, 0.1) is 0 Å². The van der Waals surface area contributed by atoms with Crippen molar-refractivity contribution < 1.29 is 8.42 Å². The highest BCUT2D eigenvalue weighted by Crippen LogP contribution is 2.31. The molecule has 1 saturated carbocycles. The number of fused-ring (bicyclic) bond motifs is 1. The van der Waals surface area contributed by atoms with Crippen LogP contribution in [0.25, 0.3) is 0 Å². The van der Waals surface area contributed by atoms with Crippen LogP contribution in [0.4, 0.5) is 0 Å². The molecule has 2 heterocycles. The second kappa shape index (κ2) is 8.79. The fourth-order valence-corrected chi connectivity index (χ4v) is 6.62. The van der Waals surface area contributed by atoms with Crippen molar-refractivity contribution in [3.8, 4) is 0 Å². The van der Waals surface area contributed by atoms with E-state index in [0.717, 1.165) is 67.2 Å². The topological polar surface area (TPSA) is 71.1 Å². The van der Waals surface area contributed by atoms with Crippen molar-refractivity contribution in [3.63, 3.8) is 0 Å². The van der Waals surface area contributed by atoms with Crippen molar-refractivity contribution in [3.05, 3.63) is 50.4 Å². The van der Waals surface area contributed by atoms with E-state index in [-0.39, 0.29) is 11.3 Å². The number of nitrogens with one attached hydrogen (secondary N) is 2. The van der Waals surface area contributed by atoms with Gasteiger partial charge in [0, 0.05) is 29.4 Å². The molecule has 4 rings (SSSR count). The van der Waals surface area contributed by atoms with Gasteiger partial charge in [0.1, 0.15) is 0 Å². The summed E-state index contributed by atoms with van der Waals surface area (Å²) in [4.78, 5) is 6.26. The maximum Gasteiger partial charge on any atom is 0.214 e. The summed E-state index contributed by atoms with van der Waals surface area (Å²) in [7, 11) is -3.11. The summed E-state index contributed by atoms with van der Waals surface area (Å²) in [6, 6.07) is 8.22. The number of nitrogens with zero attached hydrogens (tertiary/aromatic N) is 1. The molecule has 1 aromatic heterocycles. The Hall–Kier alpha value is -0.990. The number of halogens is 1. The van der Waals surface area contributed by atoms with Gasteiger partial charge >= 0.3 is 0 Å². The summed E-state index contributed by atoms with van der Waals surface area (Å²) in [5, 5.41) is 5.28. The van der Waals surface area contributed by atoms with Gasteiger partial charge in [-0.2, -0.15) is 0 Å². The molecule has 1 aliphatic heterocycles. The molecule has 1 aromatic carbocycles. The normalized spacial score (nSPS) is 20.0. The first-order valence-electron chi connectivity index (χ1n) is 9.96. The maximum atomic E-state index is 12.1. The van der Waals surface area contributed by atoms with Gasteiger partial charge in [-0.1, -0.05) is 30.2 Å². The maximum absolute atomic E-state index is 12.1. The van der Waals surface area contributed by atoms with E-state index >= 15 is 0 Å². The molecule has 2 aliphatic rings. The fraction of sp³-hybridized carbons (Fsp3) is 0.550. The molecule has 0 saturated heterocycles. The van der Waals surface area contributed by atoms with E-state index in [1.807, 2.05) is 12.1 Å². The van der Waals surface area contributed by atoms with Crippen LogP contribution in [0.2, 0.25) is 5.02 Å². The molecular formula is C20H26ClN3O2S2. The molecule has 0 bridgehead atoms. The average molecular weight is 440 g/mol. The lowest BCUT2D eigenvalue weighted by Gasteiger charge is -2.25. The monoisotopic (exact) mass is 439 g/mol. The molecule has 28 heavy (non-hydrogen) atoms. The molecule has 1 atom stereocenters. The number of aryl methyl sites for hydroxylation is 1. The number of hydrogen-bond donors (Lipinski definition) is 2. The molecule has 0 radical (unpaired) electrons. The highest BCUT2D eigenvalue weighted by Gasteiger charge is 2.30. The summed E-state index contributed by atoms with van der Waals surface area (Å²) < 4.78 is 26.9. The van der Waals surface area contributed by atoms with E-state index in [4.69, 9.17) is 16.6 Å². The Bertz CT molecular complexity index is 908. The smallest absolute Gasteiger partial charge is 0.214 e. The summed E-state index contributed by atoms with van der Waals surface area (Å²) in [5.41, 5.74) is 2.41. The van der Waals surface area contributed by atoms with Gasteiger partial charge in [0.2, 0.25) is 10.0 Å². The zero-order valence-electron chi connectivity index (χ0n) is 15.8. The third kappa shape index (κ3) is 4.76. The zero-order chi connectivity index (χ0) is 19.6. The summed E-state index contributed by atoms with van der Waals surface area (Å²) in [6.45, 7) is 1.46. The molecule has 1 aliphatic carbocycles. The van der Waals surface area contributed by atoms with E-state index in [1.54, 1.807) is 11.3 Å². The van der Waals surface area contributed by atoms with Crippen LogP contribution >= 0.6 is 22.9 Å². The standard InChI is InChI=1S/C20H26ClN3O2S2/c21-15-8-6-14(7-9-15)13-17-20-18(10-12-22-17)27-19(24-20)5-2-11-23-28(25,26)16-3-1-4-16/h6-9,16-17,22-23H,1-5,10-13H2. The molecule has 5 nitrogen and oxygen atoms in total. The van der Waals surface area contributed by atoms with Crippen molar-refractivity contribution >= 4 is 33.0 Å². The predicted molar refractivity (Wildman–Crippen MR) is 115 cm³/mol. The van der Waals surface area contributed by atoms with Crippen molar-refractivity contribution in [2.24, 2.45) is 0 Å². The lowest BCUT2D eigenvalue weighted by atomic mass is 9.99. The molecule has 0 amide bonds. The predicted octanol–water partition coefficient (Wildman–Crippen LogP) is 3.63. The summed E-state index contributed by atoms with van der Waals surface area (Å²) >= 11 is 7.77. The molecule has 0 spiro atoms. The number of rotatable bonds is 8. The Morgan fingerprint density at radius 2 is 2.04 bits per heavy atom. The number of sulfonamides is 1. The van der Waals surface area contributed by atoms with E-state index in [1.165, 1.54) is 10.4 Å². The van der Waals surface area contributed by atoms with Crippen LogP contribution in [0.15, 0.2) is 24.3 Å². The van der Waals surface area contributed by atoms with Crippen LogP contribution in [0.1, 0.15) is 52.9 Å². The zero-order valence-corrected chi connectivity index (χ0v) is 18.2. The summed E-state index contributed by atoms with van der Waals surface area (Å²) in [6.07, 6.45) is 6.15. The molecule has 8 heteroatoms. The minimum absolute atomic E-state index is 0.167. The SMILES string of the molecule is O=S(=O)(NCCCc1nc2c(s1)CCNC2Cc1ccc(Cl)cc1)C1CCC1. The lowest BCUT2D eigenvalue weighted by Crippen LogP contribution is -2.38. The highest BCUT2D eigenvalue weighted by atomic mass is 35.5. The van der Waals surface area contributed by atoms with Gasteiger partial charge in [-0.25, -0.2) is 18.1 Å². The van der Waals surface area contributed by atoms with E-state index in [9.17, 15) is 8.42 Å². The van der Waals surface area contributed by atoms with Crippen LogP contribution < -0.4 is 10.0 Å². The first-order valence-corrected chi connectivity index (χ1v) is 12.7. The van der Waals surface area contributed by atoms with Gasteiger partial charge < -0.3 is 5.32 Å². The Morgan fingerprint density at radius 1 is 1.25 bits per heavy atom. The van der Waals surface area contributed by atoms with Crippen LogP contribution in [-0.2, 0) is 29.3 Å². The largest absolute Gasteiger partial charge is 0.308 e. The van der Waals surface area contributed by atoms with Crippen molar-refractivity contribution in [2.75, 3.05) is 13.1 Å². The van der Waals surface area contributed by atoms with Crippen LogP contribution in [0.5, 0.6) is 0 Å². The molecule has 2 aromatic rings. The number of hydrogen-bond acceptors (Lipinski definition) is 5. The summed E-state index contributed by atoms with van der Waals surface area (Å²) in [5.74, 6) is 0. The van der Waals surface area contributed by atoms with Crippen LogP contribution in [0.3, 0.4) is 0 Å². The molecule has 1 fully saturated rings. The van der Waals surface area contributed by atoms with Gasteiger partial charge in [-0.15, -0.1) is 11.3 Å². The Morgan fingerprint density at radius 3 is 2.75 bits per heavy atom. The van der Waals surface area contributed by atoms with Crippen molar-refractivity contribution in [2.45, 2.75) is 56.2 Å². The van der Waals surface area contributed by atoms with E-state index < -0.39 is 10.0 Å². The number of aromatic nitrogens is 1. The first kappa shape index (κ1) is 20.3. The molecular weight excluding hydrogens is 414 g/mol. The Kier molecular flexibility index (Phi) is 6.37. The second-order valence-corrected chi connectivity index (χ2v) is 11.2. The van der Waals surface area contributed by atoms with Gasteiger partial charge in [-0.3, -0.25) is 0 Å². The lowest BCUT2D eigenvalue weighted by molar-refractivity contribution is 0.468. The van der Waals surface area contributed by atoms with Crippen molar-refractivity contribution in [1.82, 2.24) is 15.0 Å². The van der Waals surface area contributed by atoms with E-state index in [2.05, 4.69) is 22.2 Å². The highest BCUT2D eigenvalue weighted by molar-refractivity contribution is 7.90. The second-order valence-electron chi connectivity index (χ2n) is 7.60. The third-order valence-electron chi connectivity index (χ3n) is 5.56. The van der Waals surface area contributed by atoms with Crippen molar-refractivity contribution in [1.29, 1.82) is 0 Å². The van der Waals surface area contributed by atoms with Crippen LogP contribution in [-0.4, -0.2) is 31.7 Å². The number of thiazole rings is 1. The Labute approximate surface area is 176 Å². The number of benzene rings is 1. The first-order chi connectivity index (χ1) is 13.5. The van der Waals surface area contributed by atoms with Gasteiger partial charge in [0.05, 0.1) is 22.0 Å². The molecule has 2 N–H and O–H groups in total. The van der Waals surface area contributed by atoms with Gasteiger partial charge in [0.15, 0.2) is 0 Å². The average Bonchev–Trinajstić information content (AvgIpc) is 3.03.